The van der Waals surface area contributed by atoms with E-state index in [9.17, 15) is 0 Å². The first-order valence-corrected chi connectivity index (χ1v) is 5.41. The zero-order valence-electron chi connectivity index (χ0n) is 9.37. The van der Waals surface area contributed by atoms with Gasteiger partial charge < -0.3 is 0 Å². The summed E-state index contributed by atoms with van der Waals surface area (Å²) in [7, 11) is 0. The molecule has 0 aromatic heterocycles. The standard InChI is InChI=1S/C13H21N.6CH4/c1-4-6-7-8-9-13(5-2)10-12(3)11-14;;;;;;/h5-7,12-13H,2,4,8-10H2,1,3H3;6*1H4. The van der Waals surface area contributed by atoms with Gasteiger partial charge in [-0.05, 0) is 38.5 Å². The van der Waals surface area contributed by atoms with Crippen molar-refractivity contribution in [1.29, 1.82) is 5.26 Å². The molecule has 2 unspecified atom stereocenters. The summed E-state index contributed by atoms with van der Waals surface area (Å²) in [5.41, 5.74) is 0. The lowest BCUT2D eigenvalue weighted by molar-refractivity contribution is 0.490. The third kappa shape index (κ3) is 25.7. The van der Waals surface area contributed by atoms with Crippen LogP contribution in [0.3, 0.4) is 0 Å². The zero-order chi connectivity index (χ0) is 10.8. The van der Waals surface area contributed by atoms with Crippen molar-refractivity contribution in [2.24, 2.45) is 11.8 Å². The average Bonchev–Trinajstić information content (AvgIpc) is 2.22. The van der Waals surface area contributed by atoms with E-state index >= 15 is 0 Å². The van der Waals surface area contributed by atoms with Gasteiger partial charge in [0.1, 0.15) is 0 Å². The van der Waals surface area contributed by atoms with Crippen molar-refractivity contribution < 1.29 is 0 Å². The molecule has 0 aromatic rings. The lowest BCUT2D eigenvalue weighted by Crippen LogP contribution is -2.01. The fourth-order valence-corrected chi connectivity index (χ4v) is 1.43. The van der Waals surface area contributed by atoms with Gasteiger partial charge in [0.2, 0.25) is 0 Å². The predicted molar refractivity (Wildman–Crippen MR) is 102 cm³/mol. The molecular weight excluding hydrogens is 242 g/mol. The summed E-state index contributed by atoms with van der Waals surface area (Å²) in [4.78, 5) is 0. The second-order valence-electron chi connectivity index (χ2n) is 3.72. The quantitative estimate of drug-likeness (QED) is 0.436. The highest BCUT2D eigenvalue weighted by Gasteiger charge is 2.08. The van der Waals surface area contributed by atoms with E-state index in [2.05, 4.69) is 31.7 Å². The summed E-state index contributed by atoms with van der Waals surface area (Å²) in [6.07, 6.45) is 10.6. The van der Waals surface area contributed by atoms with Gasteiger partial charge in [-0.1, -0.05) is 69.7 Å². The third-order valence-electron chi connectivity index (χ3n) is 2.32. The average molecular weight is 288 g/mol. The molecule has 0 bridgehead atoms. The molecule has 0 saturated heterocycles. The zero-order valence-corrected chi connectivity index (χ0v) is 9.37. The lowest BCUT2D eigenvalue weighted by Gasteiger charge is -2.11. The molecule has 1 heteroatoms. The van der Waals surface area contributed by atoms with Crippen LogP contribution in [0.4, 0.5) is 0 Å². The van der Waals surface area contributed by atoms with Gasteiger partial charge >= 0.3 is 0 Å². The molecule has 0 saturated carbocycles. The first kappa shape index (κ1) is 42.8. The Hall–Kier alpha value is -1.03. The number of allylic oxidation sites excluding steroid dienone is 3. The Balaban J connectivity index is -0.0000000563. The summed E-state index contributed by atoms with van der Waals surface area (Å²) in [6, 6.07) is 2.27. The van der Waals surface area contributed by atoms with Crippen LogP contribution < -0.4 is 0 Å². The fourth-order valence-electron chi connectivity index (χ4n) is 1.43. The van der Waals surface area contributed by atoms with E-state index in [1.54, 1.807) is 0 Å². The Morgan fingerprint density at radius 3 is 1.90 bits per heavy atom. The molecule has 1 nitrogen and oxygen atoms in total. The first-order chi connectivity index (χ1) is 6.74. The Bertz CT molecular complexity index is 210. The van der Waals surface area contributed by atoms with Gasteiger partial charge in [-0.2, -0.15) is 5.26 Å². The molecule has 20 heavy (non-hydrogen) atoms. The number of nitrogens with zero attached hydrogens (tertiary/aromatic N) is 1. The molecular formula is C19H45N. The first-order valence-electron chi connectivity index (χ1n) is 5.41. The summed E-state index contributed by atoms with van der Waals surface area (Å²) < 4.78 is 0. The molecule has 0 aliphatic carbocycles. The minimum atomic E-state index is 0. The molecule has 126 valence electrons. The van der Waals surface area contributed by atoms with Crippen molar-refractivity contribution >= 4 is 0 Å². The van der Waals surface area contributed by atoms with Gasteiger partial charge in [0, 0.05) is 5.92 Å². The van der Waals surface area contributed by atoms with Gasteiger partial charge in [0.15, 0.2) is 0 Å². The molecule has 0 rings (SSSR count). The Morgan fingerprint density at radius 1 is 1.05 bits per heavy atom. The van der Waals surface area contributed by atoms with Crippen LogP contribution in [0.25, 0.3) is 0 Å². The summed E-state index contributed by atoms with van der Waals surface area (Å²) in [6.45, 7) is 7.92. The largest absolute Gasteiger partial charge is 0.198 e. The normalized spacial score (nSPS) is 10.4. The molecule has 0 spiro atoms. The molecule has 0 aliphatic rings. The summed E-state index contributed by atoms with van der Waals surface area (Å²) in [5.74, 6) is 0.638. The van der Waals surface area contributed by atoms with Crippen LogP contribution in [-0.2, 0) is 0 Å². The maximum atomic E-state index is 8.69. The minimum absolute atomic E-state index is 0. The highest BCUT2D eigenvalue weighted by Crippen LogP contribution is 2.18. The maximum Gasteiger partial charge on any atom is 0.0653 e. The van der Waals surface area contributed by atoms with Crippen molar-refractivity contribution in [3.05, 3.63) is 24.8 Å². The minimum Gasteiger partial charge on any atom is -0.198 e. The van der Waals surface area contributed by atoms with Gasteiger partial charge in [-0.25, -0.2) is 0 Å². The van der Waals surface area contributed by atoms with Crippen molar-refractivity contribution in [1.82, 2.24) is 0 Å². The summed E-state index contributed by atoms with van der Waals surface area (Å²) in [5, 5.41) is 8.69. The Kier molecular flexibility index (Phi) is 65.8. The van der Waals surface area contributed by atoms with E-state index in [-0.39, 0.29) is 50.5 Å². The number of hydrogen-bond donors (Lipinski definition) is 0. The van der Waals surface area contributed by atoms with E-state index in [1.807, 2.05) is 13.0 Å². The summed E-state index contributed by atoms with van der Waals surface area (Å²) >= 11 is 0. The number of nitriles is 1. The van der Waals surface area contributed by atoms with E-state index in [4.69, 9.17) is 5.26 Å². The highest BCUT2D eigenvalue weighted by molar-refractivity contribution is 4.89. The van der Waals surface area contributed by atoms with E-state index in [0.29, 0.717) is 5.92 Å². The Morgan fingerprint density at radius 2 is 1.55 bits per heavy atom. The number of hydrogen-bond acceptors (Lipinski definition) is 1. The molecule has 2 atom stereocenters. The van der Waals surface area contributed by atoms with Crippen LogP contribution in [-0.4, -0.2) is 0 Å². The van der Waals surface area contributed by atoms with Crippen molar-refractivity contribution in [2.45, 2.75) is 84.1 Å². The molecule has 0 aliphatic heterocycles. The van der Waals surface area contributed by atoms with E-state index in [0.717, 1.165) is 25.7 Å². The smallest absolute Gasteiger partial charge is 0.0653 e. The van der Waals surface area contributed by atoms with Crippen LogP contribution >= 0.6 is 0 Å². The van der Waals surface area contributed by atoms with E-state index in [1.165, 1.54) is 0 Å². The van der Waals surface area contributed by atoms with Crippen molar-refractivity contribution in [3.8, 4) is 6.07 Å². The monoisotopic (exact) mass is 287 g/mol. The SMILES string of the molecule is C.C.C.C.C.C.C=CC(CCC=CCC)CC(C)C#N. The molecule has 0 N–H and O–H groups in total. The van der Waals surface area contributed by atoms with Crippen LogP contribution in [0.5, 0.6) is 0 Å². The predicted octanol–water partition coefficient (Wildman–Crippen LogP) is 7.90. The third-order valence-corrected chi connectivity index (χ3v) is 2.32. The van der Waals surface area contributed by atoms with Crippen LogP contribution in [0.15, 0.2) is 24.8 Å². The molecule has 0 aromatic carbocycles. The van der Waals surface area contributed by atoms with Gasteiger partial charge in [-0.3, -0.25) is 0 Å². The number of rotatable bonds is 7. The second-order valence-corrected chi connectivity index (χ2v) is 3.72. The van der Waals surface area contributed by atoms with Crippen LogP contribution in [0.2, 0.25) is 0 Å². The topological polar surface area (TPSA) is 23.8 Å². The van der Waals surface area contributed by atoms with Crippen LogP contribution in [0.1, 0.15) is 84.1 Å². The van der Waals surface area contributed by atoms with Gasteiger partial charge in [-0.15, -0.1) is 6.58 Å². The molecule has 0 heterocycles. The fraction of sp³-hybridized carbons (Fsp3) is 0.737. The molecule has 0 amide bonds. The van der Waals surface area contributed by atoms with Gasteiger partial charge in [0.25, 0.3) is 0 Å². The second kappa shape index (κ2) is 30.8. The van der Waals surface area contributed by atoms with E-state index < -0.39 is 0 Å². The van der Waals surface area contributed by atoms with Crippen LogP contribution in [0, 0.1) is 23.2 Å². The van der Waals surface area contributed by atoms with Crippen molar-refractivity contribution in [2.75, 3.05) is 0 Å². The van der Waals surface area contributed by atoms with Gasteiger partial charge in [0.05, 0.1) is 6.07 Å². The Labute approximate surface area is 132 Å². The van der Waals surface area contributed by atoms with Crippen molar-refractivity contribution in [3.63, 3.8) is 0 Å². The maximum absolute atomic E-state index is 8.69. The molecule has 0 radical (unpaired) electrons. The molecule has 0 fully saturated rings. The highest BCUT2D eigenvalue weighted by atomic mass is 14.3. The lowest BCUT2D eigenvalue weighted by atomic mass is 9.93.